The van der Waals surface area contributed by atoms with Crippen molar-refractivity contribution in [2.45, 2.75) is 6.42 Å². The van der Waals surface area contributed by atoms with Crippen molar-refractivity contribution in [1.82, 2.24) is 4.98 Å². The van der Waals surface area contributed by atoms with E-state index in [1.807, 2.05) is 12.1 Å². The van der Waals surface area contributed by atoms with Gasteiger partial charge in [0.15, 0.2) is 0 Å². The van der Waals surface area contributed by atoms with Gasteiger partial charge in [-0.2, -0.15) is 5.26 Å². The van der Waals surface area contributed by atoms with Gasteiger partial charge in [-0.05, 0) is 12.1 Å². The Labute approximate surface area is 116 Å². The van der Waals surface area contributed by atoms with Gasteiger partial charge in [0.1, 0.15) is 5.52 Å². The molecule has 19 heavy (non-hydrogen) atoms. The quantitative estimate of drug-likeness (QED) is 0.819. The van der Waals surface area contributed by atoms with Gasteiger partial charge in [-0.1, -0.05) is 0 Å². The molecule has 6 heteroatoms. The van der Waals surface area contributed by atoms with Gasteiger partial charge in [0.2, 0.25) is 0 Å². The topological polar surface area (TPSA) is 75.2 Å². The van der Waals surface area contributed by atoms with E-state index in [-0.39, 0.29) is 0 Å². The van der Waals surface area contributed by atoms with Crippen LogP contribution < -0.4 is 10.6 Å². The van der Waals surface area contributed by atoms with Crippen LogP contribution in [0.15, 0.2) is 17.6 Å². The first-order valence-electron chi connectivity index (χ1n) is 6.00. The van der Waals surface area contributed by atoms with Crippen LogP contribution in [0.5, 0.6) is 0 Å². The number of ether oxygens (including phenoxy) is 1. The molecule has 0 radical (unpaired) electrons. The van der Waals surface area contributed by atoms with Gasteiger partial charge >= 0.3 is 0 Å². The number of nitrogen functional groups attached to an aromatic ring is 1. The second-order valence-corrected chi connectivity index (χ2v) is 4.97. The monoisotopic (exact) mass is 276 g/mol. The Balaban J connectivity index is 2.31. The largest absolute Gasteiger partial charge is 0.395 e. The third-order valence-electron chi connectivity index (χ3n) is 2.92. The molecule has 1 aromatic carbocycles. The Bertz CT molecular complexity index is 590. The Kier molecular flexibility index (Phi) is 4.55. The van der Waals surface area contributed by atoms with Gasteiger partial charge in [-0.25, -0.2) is 4.98 Å². The number of aromatic nitrogens is 1. The van der Waals surface area contributed by atoms with Gasteiger partial charge in [-0.3, -0.25) is 0 Å². The van der Waals surface area contributed by atoms with E-state index in [0.717, 1.165) is 15.9 Å². The highest BCUT2D eigenvalue weighted by Crippen LogP contribution is 2.32. The van der Waals surface area contributed by atoms with Crippen LogP contribution in [0, 0.1) is 11.3 Å². The molecule has 0 atom stereocenters. The molecule has 0 bridgehead atoms. The second kappa shape index (κ2) is 6.36. The molecule has 2 aromatic rings. The number of rotatable bonds is 6. The zero-order valence-electron chi connectivity index (χ0n) is 10.8. The van der Waals surface area contributed by atoms with Crippen LogP contribution >= 0.6 is 11.3 Å². The van der Waals surface area contributed by atoms with Crippen molar-refractivity contribution in [3.8, 4) is 6.07 Å². The van der Waals surface area contributed by atoms with E-state index >= 15 is 0 Å². The number of nitriles is 1. The molecule has 5 nitrogen and oxygen atoms in total. The number of nitrogens with zero attached hydrogens (tertiary/aromatic N) is 3. The molecular weight excluding hydrogens is 260 g/mol. The minimum absolute atomic E-state index is 0.457. The summed E-state index contributed by atoms with van der Waals surface area (Å²) in [6.45, 7) is 1.94. The number of hydrogen-bond donors (Lipinski definition) is 1. The lowest BCUT2D eigenvalue weighted by Crippen LogP contribution is -2.28. The molecular formula is C13H16N4OS. The molecule has 0 aliphatic heterocycles. The Hall–Kier alpha value is -1.84. The van der Waals surface area contributed by atoms with Gasteiger partial charge in [0.05, 0.1) is 40.7 Å². The Morgan fingerprint density at radius 3 is 3.05 bits per heavy atom. The highest BCUT2D eigenvalue weighted by atomic mass is 32.1. The van der Waals surface area contributed by atoms with Crippen LogP contribution in [0.2, 0.25) is 0 Å². The van der Waals surface area contributed by atoms with Crippen LogP contribution in [0.3, 0.4) is 0 Å². The Morgan fingerprint density at radius 2 is 2.32 bits per heavy atom. The maximum Gasteiger partial charge on any atom is 0.106 e. The number of thiazole rings is 1. The first kappa shape index (κ1) is 13.6. The first-order chi connectivity index (χ1) is 9.27. The van der Waals surface area contributed by atoms with Crippen LogP contribution in [0.4, 0.5) is 11.4 Å². The fourth-order valence-corrected chi connectivity index (χ4v) is 2.65. The van der Waals surface area contributed by atoms with Crippen molar-refractivity contribution in [2.75, 3.05) is 37.4 Å². The molecule has 0 spiro atoms. The molecule has 0 aliphatic rings. The summed E-state index contributed by atoms with van der Waals surface area (Å²) < 4.78 is 6.18. The summed E-state index contributed by atoms with van der Waals surface area (Å²) in [7, 11) is 1.66. The van der Waals surface area contributed by atoms with Crippen LogP contribution in [-0.2, 0) is 4.74 Å². The normalized spacial score (nSPS) is 10.5. The van der Waals surface area contributed by atoms with Crippen molar-refractivity contribution >= 4 is 32.9 Å². The van der Waals surface area contributed by atoms with E-state index in [0.29, 0.717) is 31.8 Å². The zero-order valence-corrected chi connectivity index (χ0v) is 11.6. The van der Waals surface area contributed by atoms with Crippen LogP contribution in [-0.4, -0.2) is 31.8 Å². The van der Waals surface area contributed by atoms with Crippen LogP contribution in [0.1, 0.15) is 6.42 Å². The minimum Gasteiger partial charge on any atom is -0.395 e. The van der Waals surface area contributed by atoms with Crippen molar-refractivity contribution in [1.29, 1.82) is 5.26 Å². The highest BCUT2D eigenvalue weighted by Gasteiger charge is 2.13. The summed E-state index contributed by atoms with van der Waals surface area (Å²) in [5.41, 5.74) is 10.4. The molecule has 0 saturated carbocycles. The highest BCUT2D eigenvalue weighted by molar-refractivity contribution is 7.16. The smallest absolute Gasteiger partial charge is 0.106 e. The summed E-state index contributed by atoms with van der Waals surface area (Å²) in [4.78, 5) is 6.36. The molecule has 2 rings (SSSR count). The minimum atomic E-state index is 0.457. The van der Waals surface area contributed by atoms with Gasteiger partial charge in [-0.15, -0.1) is 11.3 Å². The van der Waals surface area contributed by atoms with Crippen molar-refractivity contribution in [2.24, 2.45) is 0 Å². The van der Waals surface area contributed by atoms with E-state index in [9.17, 15) is 0 Å². The number of fused-ring (bicyclic) bond motifs is 1. The van der Waals surface area contributed by atoms with E-state index in [2.05, 4.69) is 16.0 Å². The van der Waals surface area contributed by atoms with Crippen molar-refractivity contribution < 1.29 is 4.74 Å². The predicted octanol–water partition coefficient (Wildman–Crippen LogP) is 2.24. The average molecular weight is 276 g/mol. The molecule has 0 saturated heterocycles. The van der Waals surface area contributed by atoms with Gasteiger partial charge in [0.25, 0.3) is 0 Å². The van der Waals surface area contributed by atoms with E-state index in [1.54, 1.807) is 24.0 Å². The number of nitrogens with two attached hydrogens (primary N) is 1. The zero-order chi connectivity index (χ0) is 13.7. The SMILES string of the molecule is COCCN(CCC#N)c1ccc2scnc2c1N. The van der Waals surface area contributed by atoms with Gasteiger partial charge < -0.3 is 15.4 Å². The summed E-state index contributed by atoms with van der Waals surface area (Å²) in [5, 5.41) is 8.75. The molecule has 100 valence electrons. The van der Waals surface area contributed by atoms with E-state index in [1.165, 1.54) is 0 Å². The summed E-state index contributed by atoms with van der Waals surface area (Å²) >= 11 is 1.57. The molecule has 0 unspecified atom stereocenters. The van der Waals surface area contributed by atoms with E-state index < -0.39 is 0 Å². The number of benzene rings is 1. The molecule has 2 N–H and O–H groups in total. The average Bonchev–Trinajstić information content (AvgIpc) is 2.89. The second-order valence-electron chi connectivity index (χ2n) is 4.09. The standard InChI is InChI=1S/C13H16N4OS/c1-18-8-7-17(6-2-5-14)10-3-4-11-13(12(10)15)16-9-19-11/h3-4,9H,2,6-8,15H2,1H3. The fraction of sp³-hybridized carbons (Fsp3) is 0.385. The van der Waals surface area contributed by atoms with E-state index in [4.69, 9.17) is 15.7 Å². The summed E-state index contributed by atoms with van der Waals surface area (Å²) in [5.74, 6) is 0. The molecule has 1 heterocycles. The number of methoxy groups -OCH3 is 1. The lowest BCUT2D eigenvalue weighted by atomic mass is 10.2. The maximum absolute atomic E-state index is 8.75. The third kappa shape index (κ3) is 2.95. The lowest BCUT2D eigenvalue weighted by Gasteiger charge is -2.25. The summed E-state index contributed by atoms with van der Waals surface area (Å²) in [6, 6.07) is 6.17. The number of anilines is 2. The van der Waals surface area contributed by atoms with Crippen LogP contribution in [0.25, 0.3) is 10.2 Å². The maximum atomic E-state index is 8.75. The first-order valence-corrected chi connectivity index (χ1v) is 6.88. The summed E-state index contributed by atoms with van der Waals surface area (Å²) in [6.07, 6.45) is 0.457. The molecule has 0 aliphatic carbocycles. The molecule has 0 fully saturated rings. The Morgan fingerprint density at radius 1 is 1.47 bits per heavy atom. The molecule has 1 aromatic heterocycles. The van der Waals surface area contributed by atoms with Gasteiger partial charge in [0, 0.05) is 20.2 Å². The molecule has 0 amide bonds. The van der Waals surface area contributed by atoms with Crippen molar-refractivity contribution in [3.05, 3.63) is 17.6 Å². The lowest BCUT2D eigenvalue weighted by molar-refractivity contribution is 0.205. The predicted molar refractivity (Wildman–Crippen MR) is 78.4 cm³/mol. The van der Waals surface area contributed by atoms with Crippen molar-refractivity contribution in [3.63, 3.8) is 0 Å². The number of hydrogen-bond acceptors (Lipinski definition) is 6. The fourth-order valence-electron chi connectivity index (χ4n) is 1.96. The third-order valence-corrected chi connectivity index (χ3v) is 3.71.